The largest absolute Gasteiger partial charge is 0.491 e. The molecule has 1 saturated heterocycles. The van der Waals surface area contributed by atoms with Crippen molar-refractivity contribution in [2.45, 2.75) is 32.3 Å². The molecule has 0 radical (unpaired) electrons. The highest BCUT2D eigenvalue weighted by Crippen LogP contribution is 2.42. The van der Waals surface area contributed by atoms with Crippen LogP contribution in [0.25, 0.3) is 0 Å². The Kier molecular flexibility index (Phi) is 3.40. The molecule has 0 spiro atoms. The normalized spacial score (nSPS) is 26.0. The van der Waals surface area contributed by atoms with Crippen LogP contribution < -0.4 is 15.0 Å². The first-order chi connectivity index (χ1) is 9.15. The Hall–Kier alpha value is -1.22. The van der Waals surface area contributed by atoms with Crippen LogP contribution in [0.15, 0.2) is 18.2 Å². The summed E-state index contributed by atoms with van der Waals surface area (Å²) in [5.74, 6) is 2.45. The molecule has 2 aliphatic rings. The highest BCUT2D eigenvalue weighted by atomic mass is 16.5. The van der Waals surface area contributed by atoms with Crippen molar-refractivity contribution in [3.63, 3.8) is 0 Å². The predicted molar refractivity (Wildman–Crippen MR) is 79.2 cm³/mol. The highest BCUT2D eigenvalue weighted by molar-refractivity contribution is 5.59. The van der Waals surface area contributed by atoms with Gasteiger partial charge in [0.15, 0.2) is 0 Å². The summed E-state index contributed by atoms with van der Waals surface area (Å²) < 4.78 is 5.86. The molecule has 0 aliphatic carbocycles. The third-order valence-electron chi connectivity index (χ3n) is 4.30. The Morgan fingerprint density at radius 3 is 3.00 bits per heavy atom. The lowest BCUT2D eigenvalue weighted by atomic mass is 9.77. The minimum atomic E-state index is 0.239. The molecule has 0 saturated carbocycles. The van der Waals surface area contributed by atoms with E-state index < -0.39 is 0 Å². The van der Waals surface area contributed by atoms with Crippen molar-refractivity contribution in [1.29, 1.82) is 0 Å². The number of anilines is 1. The van der Waals surface area contributed by atoms with E-state index in [1.165, 1.54) is 17.7 Å². The third-order valence-corrected chi connectivity index (χ3v) is 4.30. The maximum absolute atomic E-state index is 5.86. The van der Waals surface area contributed by atoms with Gasteiger partial charge in [-0.3, -0.25) is 0 Å². The van der Waals surface area contributed by atoms with Crippen LogP contribution in [0.2, 0.25) is 0 Å². The molecular formula is C16H24N2O. The summed E-state index contributed by atoms with van der Waals surface area (Å²) in [7, 11) is 2.20. The summed E-state index contributed by atoms with van der Waals surface area (Å²) in [5.41, 5.74) is 2.87. The molecule has 1 aromatic rings. The van der Waals surface area contributed by atoms with Crippen molar-refractivity contribution in [1.82, 2.24) is 5.32 Å². The predicted octanol–water partition coefficient (Wildman–Crippen LogP) is 2.62. The van der Waals surface area contributed by atoms with Gasteiger partial charge in [-0.2, -0.15) is 0 Å². The first-order valence-corrected chi connectivity index (χ1v) is 7.37. The molecule has 1 aromatic carbocycles. The summed E-state index contributed by atoms with van der Waals surface area (Å²) in [6, 6.07) is 6.61. The molecule has 2 atom stereocenters. The van der Waals surface area contributed by atoms with Crippen molar-refractivity contribution in [2.24, 2.45) is 5.92 Å². The van der Waals surface area contributed by atoms with Crippen LogP contribution in [-0.2, 0) is 0 Å². The van der Waals surface area contributed by atoms with Gasteiger partial charge in [0.25, 0.3) is 0 Å². The van der Waals surface area contributed by atoms with Gasteiger partial charge in [0.05, 0.1) is 6.10 Å². The Morgan fingerprint density at radius 2 is 2.21 bits per heavy atom. The van der Waals surface area contributed by atoms with Crippen molar-refractivity contribution in [3.8, 4) is 5.75 Å². The summed E-state index contributed by atoms with van der Waals surface area (Å²) in [6.07, 6.45) is 1.49. The van der Waals surface area contributed by atoms with E-state index in [-0.39, 0.29) is 6.10 Å². The number of benzene rings is 1. The lowest BCUT2D eigenvalue weighted by molar-refractivity contribution is 0.241. The molecule has 19 heavy (non-hydrogen) atoms. The molecule has 2 heterocycles. The SMILES string of the molecule is CC(C)Oc1ccc2c(c1)C1CCNCC1CN2C. The first kappa shape index (κ1) is 12.8. The van der Waals surface area contributed by atoms with Gasteiger partial charge in [-0.15, -0.1) is 0 Å². The van der Waals surface area contributed by atoms with Gasteiger partial charge in [0, 0.05) is 25.8 Å². The van der Waals surface area contributed by atoms with E-state index in [0.717, 1.165) is 31.3 Å². The van der Waals surface area contributed by atoms with Gasteiger partial charge in [-0.25, -0.2) is 0 Å². The minimum Gasteiger partial charge on any atom is -0.491 e. The van der Waals surface area contributed by atoms with Gasteiger partial charge in [0.1, 0.15) is 5.75 Å². The monoisotopic (exact) mass is 260 g/mol. The first-order valence-electron chi connectivity index (χ1n) is 7.37. The van der Waals surface area contributed by atoms with Gasteiger partial charge < -0.3 is 15.0 Å². The van der Waals surface area contributed by atoms with Crippen LogP contribution >= 0.6 is 0 Å². The Balaban J connectivity index is 1.95. The molecule has 2 aliphatic heterocycles. The lowest BCUT2D eigenvalue weighted by Crippen LogP contribution is -2.44. The average molecular weight is 260 g/mol. The van der Waals surface area contributed by atoms with Gasteiger partial charge >= 0.3 is 0 Å². The van der Waals surface area contributed by atoms with Gasteiger partial charge in [0.2, 0.25) is 0 Å². The van der Waals surface area contributed by atoms with Crippen LogP contribution in [-0.4, -0.2) is 32.8 Å². The van der Waals surface area contributed by atoms with Gasteiger partial charge in [-0.1, -0.05) is 0 Å². The van der Waals surface area contributed by atoms with Crippen molar-refractivity contribution < 1.29 is 4.74 Å². The van der Waals surface area contributed by atoms with Crippen LogP contribution in [0.3, 0.4) is 0 Å². The number of nitrogens with one attached hydrogen (secondary N) is 1. The zero-order valence-corrected chi connectivity index (χ0v) is 12.1. The number of rotatable bonds is 2. The average Bonchev–Trinajstić information content (AvgIpc) is 2.38. The number of ether oxygens (including phenoxy) is 1. The zero-order valence-electron chi connectivity index (χ0n) is 12.1. The van der Waals surface area contributed by atoms with E-state index in [1.54, 1.807) is 0 Å². The number of fused-ring (bicyclic) bond motifs is 3. The molecule has 0 amide bonds. The number of hydrogen-bond donors (Lipinski definition) is 1. The van der Waals surface area contributed by atoms with Crippen molar-refractivity contribution in [2.75, 3.05) is 31.6 Å². The molecule has 3 heteroatoms. The number of hydrogen-bond acceptors (Lipinski definition) is 3. The Labute approximate surface area is 115 Å². The van der Waals surface area contributed by atoms with Crippen molar-refractivity contribution in [3.05, 3.63) is 23.8 Å². The van der Waals surface area contributed by atoms with E-state index >= 15 is 0 Å². The van der Waals surface area contributed by atoms with Crippen LogP contribution in [0, 0.1) is 5.92 Å². The zero-order chi connectivity index (χ0) is 13.4. The number of piperidine rings is 1. The van der Waals surface area contributed by atoms with E-state index in [0.29, 0.717) is 5.92 Å². The van der Waals surface area contributed by atoms with Crippen molar-refractivity contribution >= 4 is 5.69 Å². The molecule has 0 bridgehead atoms. The summed E-state index contributed by atoms with van der Waals surface area (Å²) in [5, 5.41) is 3.52. The molecule has 1 N–H and O–H groups in total. The topological polar surface area (TPSA) is 24.5 Å². The van der Waals surface area contributed by atoms with E-state index in [1.807, 2.05) is 0 Å². The fourth-order valence-electron chi connectivity index (χ4n) is 3.50. The second-order valence-electron chi connectivity index (χ2n) is 6.13. The quantitative estimate of drug-likeness (QED) is 0.884. The fraction of sp³-hybridized carbons (Fsp3) is 0.625. The fourth-order valence-corrected chi connectivity index (χ4v) is 3.50. The number of nitrogens with zero attached hydrogens (tertiary/aromatic N) is 1. The van der Waals surface area contributed by atoms with Gasteiger partial charge in [-0.05, 0) is 62.4 Å². The summed E-state index contributed by atoms with van der Waals surface area (Å²) >= 11 is 0. The van der Waals surface area contributed by atoms with E-state index in [4.69, 9.17) is 4.74 Å². The lowest BCUT2D eigenvalue weighted by Gasteiger charge is -2.42. The Bertz CT molecular complexity index is 458. The maximum atomic E-state index is 5.86. The van der Waals surface area contributed by atoms with Crippen LogP contribution in [0.5, 0.6) is 5.75 Å². The Morgan fingerprint density at radius 1 is 1.37 bits per heavy atom. The van der Waals surface area contributed by atoms with Crippen LogP contribution in [0.4, 0.5) is 5.69 Å². The molecular weight excluding hydrogens is 236 g/mol. The third kappa shape index (κ3) is 2.44. The molecule has 2 unspecified atom stereocenters. The summed E-state index contributed by atoms with van der Waals surface area (Å²) in [4.78, 5) is 2.39. The molecule has 1 fully saturated rings. The second-order valence-corrected chi connectivity index (χ2v) is 6.13. The molecule has 104 valence electrons. The standard InChI is InChI=1S/C16H24N2O/c1-11(2)19-13-4-5-16-15(8-13)14-6-7-17-9-12(14)10-18(16)3/h4-5,8,11-12,14,17H,6-7,9-10H2,1-3H3. The van der Waals surface area contributed by atoms with E-state index in [9.17, 15) is 0 Å². The highest BCUT2D eigenvalue weighted by Gasteiger charge is 2.34. The molecule has 3 nitrogen and oxygen atoms in total. The summed E-state index contributed by atoms with van der Waals surface area (Å²) in [6.45, 7) is 7.61. The van der Waals surface area contributed by atoms with E-state index in [2.05, 4.69) is 49.3 Å². The smallest absolute Gasteiger partial charge is 0.120 e. The second kappa shape index (κ2) is 5.04. The minimum absolute atomic E-state index is 0.239. The maximum Gasteiger partial charge on any atom is 0.120 e. The molecule has 0 aromatic heterocycles. The molecule has 3 rings (SSSR count). The van der Waals surface area contributed by atoms with Crippen LogP contribution in [0.1, 0.15) is 31.7 Å².